The molecule has 11 atom stereocenters. The van der Waals surface area contributed by atoms with Crippen LogP contribution in [0.15, 0.2) is 11.6 Å². The summed E-state index contributed by atoms with van der Waals surface area (Å²) in [5.41, 5.74) is -4.35. The molecule has 2 aliphatic heterocycles. The topological polar surface area (TPSA) is 154 Å². The van der Waals surface area contributed by atoms with Gasteiger partial charge in [-0.2, -0.15) is 0 Å². The Hall–Kier alpha value is -1.36. The van der Waals surface area contributed by atoms with E-state index in [4.69, 9.17) is 9.47 Å². The largest absolute Gasteiger partial charge is 0.460 e. The number of rotatable bonds is 0. The number of ketones is 1. The van der Waals surface area contributed by atoms with E-state index in [1.807, 2.05) is 0 Å². The molecule has 0 aromatic heterocycles. The van der Waals surface area contributed by atoms with Gasteiger partial charge in [-0.1, -0.05) is 19.4 Å². The van der Waals surface area contributed by atoms with E-state index in [1.54, 1.807) is 13.8 Å². The molecule has 2 saturated heterocycles. The van der Waals surface area contributed by atoms with Crippen molar-refractivity contribution in [2.24, 2.45) is 28.6 Å². The summed E-state index contributed by atoms with van der Waals surface area (Å²) < 4.78 is 11.2. The summed E-state index contributed by atoms with van der Waals surface area (Å²) in [4.78, 5) is 25.0. The van der Waals surface area contributed by atoms with Crippen LogP contribution in [0.1, 0.15) is 27.2 Å². The van der Waals surface area contributed by atoms with Crippen LogP contribution in [-0.4, -0.2) is 79.7 Å². The van der Waals surface area contributed by atoms with E-state index in [-0.39, 0.29) is 13.0 Å². The molecule has 0 amide bonds. The first-order valence-electron chi connectivity index (χ1n) is 9.93. The number of carbonyl (C=O) groups is 2. The van der Waals surface area contributed by atoms with Crippen LogP contribution in [-0.2, 0) is 19.1 Å². The summed E-state index contributed by atoms with van der Waals surface area (Å²) in [6.07, 6.45) is -4.56. The van der Waals surface area contributed by atoms with Gasteiger partial charge in [-0.25, -0.2) is 4.79 Å². The van der Waals surface area contributed by atoms with Crippen LogP contribution in [0.3, 0.4) is 0 Å². The van der Waals surface area contributed by atoms with E-state index >= 15 is 0 Å². The third-order valence-corrected chi connectivity index (χ3v) is 8.88. The molecule has 29 heavy (non-hydrogen) atoms. The van der Waals surface area contributed by atoms with Gasteiger partial charge < -0.3 is 35.0 Å². The summed E-state index contributed by atoms with van der Waals surface area (Å²) >= 11 is 0. The lowest BCUT2D eigenvalue weighted by molar-refractivity contribution is -0.375. The average molecular weight is 410 g/mol. The third kappa shape index (κ3) is 1.73. The van der Waals surface area contributed by atoms with Crippen molar-refractivity contribution >= 4 is 11.8 Å². The molecular weight excluding hydrogens is 384 g/mol. The second-order valence-corrected chi connectivity index (χ2v) is 9.75. The molecule has 2 heterocycles. The lowest BCUT2D eigenvalue weighted by atomic mass is 9.36. The predicted molar refractivity (Wildman–Crippen MR) is 93.8 cm³/mol. The zero-order valence-electron chi connectivity index (χ0n) is 16.4. The second-order valence-electron chi connectivity index (χ2n) is 9.75. The van der Waals surface area contributed by atoms with Gasteiger partial charge in [0, 0.05) is 17.3 Å². The van der Waals surface area contributed by atoms with Crippen molar-refractivity contribution in [3.8, 4) is 0 Å². The minimum Gasteiger partial charge on any atom is -0.460 e. The molecule has 2 saturated carbocycles. The fourth-order valence-corrected chi connectivity index (χ4v) is 7.59. The lowest BCUT2D eigenvalue weighted by Gasteiger charge is -2.70. The molecule has 3 aliphatic carbocycles. The number of ether oxygens (including phenoxy) is 2. The maximum absolute atomic E-state index is 12.6. The van der Waals surface area contributed by atoms with E-state index in [1.165, 1.54) is 13.0 Å². The zero-order valence-corrected chi connectivity index (χ0v) is 16.4. The Morgan fingerprint density at radius 3 is 2.45 bits per heavy atom. The van der Waals surface area contributed by atoms with Crippen LogP contribution in [0.25, 0.3) is 0 Å². The zero-order chi connectivity index (χ0) is 21.3. The van der Waals surface area contributed by atoms with E-state index in [2.05, 4.69) is 0 Å². The Morgan fingerprint density at radius 1 is 1.14 bits per heavy atom. The van der Waals surface area contributed by atoms with Crippen molar-refractivity contribution in [2.45, 2.75) is 63.0 Å². The standard InChI is InChI=1S/C20H26O9/c1-7-4-10(21)13(23)17(3)9(7)5-11-18-6-28-20(27,16(17)18)12(22)8(2)19(18,26)14(24)15(25)29-11/h4,8-9,11-14,16,22-24,26-27H,5-6H2,1-3H3/t8-,9-,11-,12+,13+,14-,16+,17+,18+,19+,20-/m0/s1. The molecule has 0 radical (unpaired) electrons. The maximum Gasteiger partial charge on any atom is 0.338 e. The smallest absolute Gasteiger partial charge is 0.338 e. The lowest BCUT2D eigenvalue weighted by Crippen LogP contribution is -2.84. The van der Waals surface area contributed by atoms with Crippen molar-refractivity contribution in [2.75, 3.05) is 6.61 Å². The van der Waals surface area contributed by atoms with E-state index in [0.29, 0.717) is 5.57 Å². The van der Waals surface area contributed by atoms with Crippen molar-refractivity contribution < 1.29 is 44.6 Å². The van der Waals surface area contributed by atoms with Crippen LogP contribution in [0.5, 0.6) is 0 Å². The maximum atomic E-state index is 12.6. The third-order valence-electron chi connectivity index (χ3n) is 8.88. The fraction of sp³-hybridized carbons (Fsp3) is 0.800. The fourth-order valence-electron chi connectivity index (χ4n) is 7.59. The number of hydrogen-bond acceptors (Lipinski definition) is 9. The monoisotopic (exact) mass is 410 g/mol. The van der Waals surface area contributed by atoms with Crippen molar-refractivity contribution in [1.29, 1.82) is 0 Å². The highest BCUT2D eigenvalue weighted by Gasteiger charge is 2.87. The Morgan fingerprint density at radius 2 is 1.79 bits per heavy atom. The Labute approximate surface area is 166 Å². The van der Waals surface area contributed by atoms with Gasteiger partial charge in [0.2, 0.25) is 0 Å². The van der Waals surface area contributed by atoms with Crippen LogP contribution in [0, 0.1) is 28.6 Å². The molecule has 4 fully saturated rings. The first-order chi connectivity index (χ1) is 13.4. The molecule has 9 nitrogen and oxygen atoms in total. The molecule has 2 bridgehead atoms. The number of fused-ring (bicyclic) bond motifs is 1. The molecule has 5 aliphatic rings. The van der Waals surface area contributed by atoms with Gasteiger partial charge in [0.05, 0.1) is 12.0 Å². The number of aliphatic hydroxyl groups is 5. The number of allylic oxidation sites excluding steroid dienone is 1. The second kappa shape index (κ2) is 5.27. The SMILES string of the molecule is CC1=CC(=O)[C@@H](O)[C@]2(C)[C@H]3[C@@]4(O)OC[C@@]35[C@H](C[C@@H]12)OC(=O)[C@H](O)[C@]5(O)[C@@H](C)[C@H]4O. The first-order valence-corrected chi connectivity index (χ1v) is 9.93. The van der Waals surface area contributed by atoms with Gasteiger partial charge in [0.25, 0.3) is 0 Å². The Bertz CT molecular complexity index is 855. The highest BCUT2D eigenvalue weighted by atomic mass is 16.7. The quantitative estimate of drug-likeness (QED) is 0.293. The normalized spacial score (nSPS) is 60.8. The first kappa shape index (κ1) is 19.6. The highest BCUT2D eigenvalue weighted by molar-refractivity contribution is 5.96. The van der Waals surface area contributed by atoms with Gasteiger partial charge in [0.1, 0.15) is 23.9 Å². The van der Waals surface area contributed by atoms with Crippen LogP contribution < -0.4 is 0 Å². The van der Waals surface area contributed by atoms with E-state index in [0.717, 1.165) is 0 Å². The number of esters is 1. The van der Waals surface area contributed by atoms with Crippen molar-refractivity contribution in [3.05, 3.63) is 11.6 Å². The predicted octanol–water partition coefficient (Wildman–Crippen LogP) is -1.75. The Kier molecular flexibility index (Phi) is 3.56. The average Bonchev–Trinajstić information content (AvgIpc) is 2.98. The van der Waals surface area contributed by atoms with Crippen molar-refractivity contribution in [1.82, 2.24) is 0 Å². The minimum absolute atomic E-state index is 0.183. The molecule has 160 valence electrons. The number of carbonyl (C=O) groups excluding carboxylic acids is 2. The number of aliphatic hydroxyl groups excluding tert-OH is 3. The van der Waals surface area contributed by atoms with Crippen LogP contribution in [0.2, 0.25) is 0 Å². The van der Waals surface area contributed by atoms with Gasteiger partial charge in [0.15, 0.2) is 17.7 Å². The molecule has 5 rings (SSSR count). The summed E-state index contributed by atoms with van der Waals surface area (Å²) in [5.74, 6) is -6.52. The number of hydrogen-bond donors (Lipinski definition) is 5. The van der Waals surface area contributed by atoms with Crippen LogP contribution in [0.4, 0.5) is 0 Å². The Balaban J connectivity index is 1.84. The summed E-state index contributed by atoms with van der Waals surface area (Å²) in [5, 5.41) is 56.0. The van der Waals surface area contributed by atoms with Gasteiger partial charge >= 0.3 is 5.97 Å². The highest BCUT2D eigenvalue weighted by Crippen LogP contribution is 2.74. The van der Waals surface area contributed by atoms with Gasteiger partial charge in [-0.3, -0.25) is 4.79 Å². The molecule has 0 unspecified atom stereocenters. The van der Waals surface area contributed by atoms with E-state index in [9.17, 15) is 35.1 Å². The van der Waals surface area contributed by atoms with Gasteiger partial charge in [-0.15, -0.1) is 0 Å². The summed E-state index contributed by atoms with van der Waals surface area (Å²) in [6.45, 7) is 4.49. The van der Waals surface area contributed by atoms with E-state index < -0.39 is 76.1 Å². The van der Waals surface area contributed by atoms with Gasteiger partial charge in [-0.05, 0) is 25.3 Å². The molecule has 0 aromatic rings. The molecule has 0 aromatic carbocycles. The summed E-state index contributed by atoms with van der Waals surface area (Å²) in [6, 6.07) is 0. The molecular formula is C20H26O9. The summed E-state index contributed by atoms with van der Waals surface area (Å²) in [7, 11) is 0. The van der Waals surface area contributed by atoms with Crippen molar-refractivity contribution in [3.63, 3.8) is 0 Å². The molecule has 5 N–H and O–H groups in total. The van der Waals surface area contributed by atoms with Crippen LogP contribution >= 0.6 is 0 Å². The molecule has 9 heteroatoms. The minimum atomic E-state index is -2.19. The molecule has 1 spiro atoms.